The Morgan fingerprint density at radius 1 is 1.18 bits per heavy atom. The molecule has 5 heteroatoms. The van der Waals surface area contributed by atoms with Crippen molar-refractivity contribution in [3.63, 3.8) is 0 Å². The summed E-state index contributed by atoms with van der Waals surface area (Å²) in [5, 5.41) is 2.73. The van der Waals surface area contributed by atoms with Crippen molar-refractivity contribution in [3.8, 4) is 0 Å². The minimum Gasteiger partial charge on any atom is -0.306 e. The fraction of sp³-hybridized carbons (Fsp3) is 0. The summed E-state index contributed by atoms with van der Waals surface area (Å²) in [4.78, 5) is 15.6. The van der Waals surface area contributed by atoms with E-state index in [2.05, 4.69) is 10.3 Å². The molecule has 1 aromatic carbocycles. The molecule has 0 saturated carbocycles. The fourth-order valence-electron chi connectivity index (χ4n) is 1.31. The summed E-state index contributed by atoms with van der Waals surface area (Å²) in [7, 11) is 0. The van der Waals surface area contributed by atoms with E-state index in [-0.39, 0.29) is 16.5 Å². The summed E-state index contributed by atoms with van der Waals surface area (Å²) in [5.74, 6) is -0.851. The van der Waals surface area contributed by atoms with Crippen molar-refractivity contribution in [2.45, 2.75) is 0 Å². The van der Waals surface area contributed by atoms with Gasteiger partial charge in [0.15, 0.2) is 0 Å². The number of amides is 1. The Hall–Kier alpha value is -1.94. The molecule has 0 bridgehead atoms. The third-order valence-corrected chi connectivity index (χ3v) is 2.29. The van der Waals surface area contributed by atoms with Gasteiger partial charge < -0.3 is 5.32 Å². The topological polar surface area (TPSA) is 42.0 Å². The zero-order valence-electron chi connectivity index (χ0n) is 8.65. The zero-order chi connectivity index (χ0) is 12.3. The maximum absolute atomic E-state index is 13.3. The number of carbonyl (C=O) groups excluding carboxylic acids is 1. The quantitative estimate of drug-likeness (QED) is 0.832. The molecule has 0 spiro atoms. The zero-order valence-corrected chi connectivity index (χ0v) is 9.41. The number of benzene rings is 1. The molecule has 1 amide bonds. The van der Waals surface area contributed by atoms with Crippen molar-refractivity contribution < 1.29 is 9.18 Å². The first-order valence-electron chi connectivity index (χ1n) is 4.85. The first kappa shape index (κ1) is 11.5. The predicted molar refractivity (Wildman–Crippen MR) is 63.6 cm³/mol. The molecule has 0 aliphatic rings. The molecule has 0 aliphatic carbocycles. The van der Waals surface area contributed by atoms with E-state index in [9.17, 15) is 9.18 Å². The smallest absolute Gasteiger partial charge is 0.259 e. The number of rotatable bonds is 2. The number of carbonyl (C=O) groups is 1. The lowest BCUT2D eigenvalue weighted by Crippen LogP contribution is -2.14. The van der Waals surface area contributed by atoms with Gasteiger partial charge in [0.25, 0.3) is 5.91 Å². The van der Waals surface area contributed by atoms with Crippen molar-refractivity contribution in [1.29, 1.82) is 0 Å². The summed E-state index contributed by atoms with van der Waals surface area (Å²) in [6, 6.07) is 10.5. The molecule has 0 aliphatic heterocycles. The largest absolute Gasteiger partial charge is 0.306 e. The molecule has 3 nitrogen and oxygen atoms in total. The molecule has 0 atom stereocenters. The van der Waals surface area contributed by atoms with Crippen LogP contribution < -0.4 is 5.32 Å². The van der Waals surface area contributed by atoms with Gasteiger partial charge in [0.1, 0.15) is 16.8 Å². The predicted octanol–water partition coefficient (Wildman–Crippen LogP) is 3.13. The molecule has 0 unspecified atom stereocenters. The molecular weight excluding hydrogens is 243 g/mol. The van der Waals surface area contributed by atoms with Gasteiger partial charge in [-0.15, -0.1) is 0 Å². The lowest BCUT2D eigenvalue weighted by atomic mass is 10.2. The van der Waals surface area contributed by atoms with Gasteiger partial charge in [0.05, 0.1) is 5.56 Å². The third kappa shape index (κ3) is 2.79. The highest BCUT2D eigenvalue weighted by Gasteiger charge is 2.11. The van der Waals surface area contributed by atoms with E-state index in [4.69, 9.17) is 11.6 Å². The molecule has 0 fully saturated rings. The number of nitrogens with zero attached hydrogens (tertiary/aromatic N) is 1. The van der Waals surface area contributed by atoms with Crippen LogP contribution in [0.2, 0.25) is 5.15 Å². The van der Waals surface area contributed by atoms with Crippen LogP contribution in [0.1, 0.15) is 10.4 Å². The van der Waals surface area contributed by atoms with Gasteiger partial charge in [0.2, 0.25) is 0 Å². The molecule has 1 N–H and O–H groups in total. The minimum atomic E-state index is -0.577. The molecule has 17 heavy (non-hydrogen) atoms. The highest BCUT2D eigenvalue weighted by atomic mass is 35.5. The number of nitrogens with one attached hydrogen (secondary N) is 1. The lowest BCUT2D eigenvalue weighted by Gasteiger charge is -2.05. The van der Waals surface area contributed by atoms with Crippen molar-refractivity contribution >= 4 is 23.3 Å². The second kappa shape index (κ2) is 4.93. The van der Waals surface area contributed by atoms with E-state index >= 15 is 0 Å². The Bertz CT molecular complexity index is 560. The van der Waals surface area contributed by atoms with Crippen molar-refractivity contribution in [2.75, 3.05) is 5.32 Å². The molecule has 1 heterocycles. The summed E-state index contributed by atoms with van der Waals surface area (Å²) in [6.07, 6.45) is 0. The van der Waals surface area contributed by atoms with Crippen LogP contribution in [-0.4, -0.2) is 10.9 Å². The van der Waals surface area contributed by atoms with Gasteiger partial charge >= 0.3 is 0 Å². The molecular formula is C12H8ClFN2O. The lowest BCUT2D eigenvalue weighted by molar-refractivity contribution is 0.102. The number of aromatic nitrogens is 1. The van der Waals surface area contributed by atoms with E-state index in [1.807, 2.05) is 0 Å². The standard InChI is InChI=1S/C12H8ClFN2O/c13-10-6-3-7-11(15-10)16-12(17)8-4-1-2-5-9(8)14/h1-7H,(H,15,16,17). The van der Waals surface area contributed by atoms with Crippen LogP contribution >= 0.6 is 11.6 Å². The highest BCUT2D eigenvalue weighted by Crippen LogP contribution is 2.12. The van der Waals surface area contributed by atoms with E-state index in [0.717, 1.165) is 0 Å². The van der Waals surface area contributed by atoms with Crippen LogP contribution in [0, 0.1) is 5.82 Å². The van der Waals surface area contributed by atoms with Crippen LogP contribution in [0.4, 0.5) is 10.2 Å². The van der Waals surface area contributed by atoms with Crippen LogP contribution in [0.5, 0.6) is 0 Å². The summed E-state index contributed by atoms with van der Waals surface area (Å²) in [6.45, 7) is 0. The fourth-order valence-corrected chi connectivity index (χ4v) is 1.47. The Balaban J connectivity index is 2.20. The van der Waals surface area contributed by atoms with E-state index in [0.29, 0.717) is 0 Å². The maximum Gasteiger partial charge on any atom is 0.259 e. The van der Waals surface area contributed by atoms with E-state index in [1.54, 1.807) is 24.3 Å². The van der Waals surface area contributed by atoms with E-state index < -0.39 is 11.7 Å². The number of halogens is 2. The average molecular weight is 251 g/mol. The first-order chi connectivity index (χ1) is 8.16. The van der Waals surface area contributed by atoms with E-state index in [1.165, 1.54) is 18.2 Å². The normalized spacial score (nSPS) is 10.0. The summed E-state index contributed by atoms with van der Waals surface area (Å²) < 4.78 is 13.3. The van der Waals surface area contributed by atoms with Crippen molar-refractivity contribution in [2.24, 2.45) is 0 Å². The highest BCUT2D eigenvalue weighted by molar-refractivity contribution is 6.29. The average Bonchev–Trinajstić information content (AvgIpc) is 2.29. The molecule has 0 saturated heterocycles. The molecule has 2 aromatic rings. The second-order valence-corrected chi connectivity index (χ2v) is 3.67. The van der Waals surface area contributed by atoms with Gasteiger partial charge in [0, 0.05) is 0 Å². The number of hydrogen-bond donors (Lipinski definition) is 1. The Morgan fingerprint density at radius 2 is 1.94 bits per heavy atom. The van der Waals surface area contributed by atoms with Gasteiger partial charge in [-0.3, -0.25) is 4.79 Å². The van der Waals surface area contributed by atoms with Crippen LogP contribution in [0.15, 0.2) is 42.5 Å². The monoisotopic (exact) mass is 250 g/mol. The number of pyridine rings is 1. The Morgan fingerprint density at radius 3 is 2.65 bits per heavy atom. The SMILES string of the molecule is O=C(Nc1cccc(Cl)n1)c1ccccc1F. The minimum absolute atomic E-state index is 0.0331. The molecule has 2 rings (SSSR count). The molecule has 0 radical (unpaired) electrons. The third-order valence-electron chi connectivity index (χ3n) is 2.08. The van der Waals surface area contributed by atoms with Gasteiger partial charge in [-0.05, 0) is 24.3 Å². The summed E-state index contributed by atoms with van der Waals surface area (Å²) >= 11 is 5.67. The van der Waals surface area contributed by atoms with Gasteiger partial charge in [-0.2, -0.15) is 0 Å². The van der Waals surface area contributed by atoms with Crippen LogP contribution in [-0.2, 0) is 0 Å². The molecule has 1 aromatic heterocycles. The number of anilines is 1. The van der Waals surface area contributed by atoms with Gasteiger partial charge in [-0.25, -0.2) is 9.37 Å². The molecule has 86 valence electrons. The van der Waals surface area contributed by atoms with Crippen molar-refractivity contribution in [3.05, 3.63) is 59.0 Å². The Kier molecular flexibility index (Phi) is 3.35. The Labute approximate surface area is 102 Å². The van der Waals surface area contributed by atoms with Crippen LogP contribution in [0.3, 0.4) is 0 Å². The summed E-state index contributed by atoms with van der Waals surface area (Å²) in [5.41, 5.74) is -0.0331. The van der Waals surface area contributed by atoms with Crippen LogP contribution in [0.25, 0.3) is 0 Å². The maximum atomic E-state index is 13.3. The van der Waals surface area contributed by atoms with Crippen molar-refractivity contribution in [1.82, 2.24) is 4.98 Å². The second-order valence-electron chi connectivity index (χ2n) is 3.28. The van der Waals surface area contributed by atoms with Gasteiger partial charge in [-0.1, -0.05) is 29.8 Å². The first-order valence-corrected chi connectivity index (χ1v) is 5.23. The number of hydrogen-bond acceptors (Lipinski definition) is 2.